The van der Waals surface area contributed by atoms with E-state index < -0.39 is 17.9 Å². The highest BCUT2D eigenvalue weighted by Gasteiger charge is 2.18. The summed E-state index contributed by atoms with van der Waals surface area (Å²) in [6, 6.07) is -0.403. The predicted octanol–water partition coefficient (Wildman–Crippen LogP) is 1.56. The number of hydrogen-bond acceptors (Lipinski definition) is 11. The molecule has 0 fully saturated rings. The Bertz CT molecular complexity index is 1060. The number of unbranched alkanes of at least 4 members (excludes halogenated alkanes) is 2. The van der Waals surface area contributed by atoms with Crippen LogP contribution in [0, 0.1) is 5.92 Å². The lowest BCUT2D eigenvalue weighted by Gasteiger charge is -2.15. The molecule has 0 aliphatic rings. The van der Waals surface area contributed by atoms with E-state index in [1.54, 1.807) is 24.7 Å². The first-order valence-electron chi connectivity index (χ1n) is 16.8. The third kappa shape index (κ3) is 22.7. The van der Waals surface area contributed by atoms with Gasteiger partial charge in [-0.3, -0.25) is 28.7 Å². The molecule has 0 aromatic carbocycles. The lowest BCUT2D eigenvalue weighted by Crippen LogP contribution is -2.44. The lowest BCUT2D eigenvalue weighted by molar-refractivity contribution is -0.148. The quantitative estimate of drug-likeness (QED) is 0.0713. The van der Waals surface area contributed by atoms with Crippen LogP contribution in [0.1, 0.15) is 97.6 Å². The van der Waals surface area contributed by atoms with Gasteiger partial charge < -0.3 is 35.9 Å². The predicted molar refractivity (Wildman–Crippen MR) is 175 cm³/mol. The van der Waals surface area contributed by atoms with E-state index in [9.17, 15) is 24.0 Å². The number of nitrogens with one attached hydrogen (secondary N) is 3. The van der Waals surface area contributed by atoms with Crippen molar-refractivity contribution in [1.82, 2.24) is 30.9 Å². The number of ketones is 1. The molecule has 0 aliphatic heterocycles. The van der Waals surface area contributed by atoms with Crippen molar-refractivity contribution < 1.29 is 38.2 Å². The van der Waals surface area contributed by atoms with Crippen molar-refractivity contribution in [3.8, 4) is 0 Å². The summed E-state index contributed by atoms with van der Waals surface area (Å²) in [4.78, 5) is 59.9. The average Bonchev–Trinajstić information content (AvgIpc) is 3.48. The zero-order valence-electron chi connectivity index (χ0n) is 28.7. The van der Waals surface area contributed by atoms with E-state index in [1.165, 1.54) is 0 Å². The van der Waals surface area contributed by atoms with Crippen LogP contribution < -0.4 is 21.7 Å². The number of aryl methyl sites for hydroxylation is 1. The summed E-state index contributed by atoms with van der Waals surface area (Å²) in [7, 11) is 0. The van der Waals surface area contributed by atoms with Gasteiger partial charge in [0.15, 0.2) is 0 Å². The maximum absolute atomic E-state index is 12.3. The minimum absolute atomic E-state index is 0.0103. The van der Waals surface area contributed by atoms with Crippen molar-refractivity contribution in [2.75, 3.05) is 39.5 Å². The molecule has 5 N–H and O–H groups in total. The van der Waals surface area contributed by atoms with Gasteiger partial charge in [-0.1, -0.05) is 32.9 Å². The SMILES string of the molecule is CC(C)NCCOCCOCCCC(=O)CCC(=O)N[C@@H](CCCCNC(=O)CCCCn1cc(COC(=O)C(C)C)nn1)C(N)=O. The number of Topliss-reactive ketones (excluding diaryl/α,β-unsaturated/α-hetero) is 1. The van der Waals surface area contributed by atoms with Gasteiger partial charge in [0, 0.05) is 58.0 Å². The van der Waals surface area contributed by atoms with Crippen LogP contribution in [0.5, 0.6) is 0 Å². The van der Waals surface area contributed by atoms with E-state index in [0.717, 1.165) is 13.0 Å². The fraction of sp³-hybridized carbons (Fsp3) is 0.781. The molecule has 0 aliphatic carbocycles. The van der Waals surface area contributed by atoms with Crippen molar-refractivity contribution in [2.24, 2.45) is 11.7 Å². The van der Waals surface area contributed by atoms with Crippen LogP contribution in [0.2, 0.25) is 0 Å². The summed E-state index contributed by atoms with van der Waals surface area (Å²) in [6.45, 7) is 11.6. The van der Waals surface area contributed by atoms with Gasteiger partial charge in [-0.05, 0) is 38.5 Å². The van der Waals surface area contributed by atoms with Gasteiger partial charge in [0.05, 0.1) is 31.9 Å². The molecular weight excluding hydrogens is 610 g/mol. The Kier molecular flexibility index (Phi) is 22.7. The maximum Gasteiger partial charge on any atom is 0.308 e. The van der Waals surface area contributed by atoms with Crippen molar-refractivity contribution in [1.29, 1.82) is 0 Å². The number of aromatic nitrogens is 3. The first kappa shape index (κ1) is 41.6. The standard InChI is InChI=1S/C32H57N7O8/c1-24(2)32(44)47-23-26-22-39(38-37-26)17-8-6-12-29(41)35-15-7-5-11-28(31(33)43)36-30(42)14-13-27(40)10-9-18-45-20-21-46-19-16-34-25(3)4/h22,24-25,28,34H,5-21,23H2,1-4H3,(H2,33,43)(H,35,41)(H,36,42)/t28-/m0/s1. The topological polar surface area (TPSA) is 206 Å². The molecule has 0 radical (unpaired) electrons. The fourth-order valence-electron chi connectivity index (χ4n) is 4.22. The maximum atomic E-state index is 12.3. The van der Waals surface area contributed by atoms with Crippen LogP contribution in [0.3, 0.4) is 0 Å². The molecule has 1 rings (SSSR count). The van der Waals surface area contributed by atoms with Gasteiger partial charge in [-0.15, -0.1) is 5.10 Å². The van der Waals surface area contributed by atoms with Crippen molar-refractivity contribution >= 4 is 29.5 Å². The lowest BCUT2D eigenvalue weighted by atomic mass is 10.1. The second kappa shape index (κ2) is 25.6. The van der Waals surface area contributed by atoms with Crippen LogP contribution in [0.25, 0.3) is 0 Å². The van der Waals surface area contributed by atoms with Gasteiger partial charge in [0.2, 0.25) is 17.7 Å². The molecule has 15 heteroatoms. The van der Waals surface area contributed by atoms with Gasteiger partial charge in [-0.25, -0.2) is 0 Å². The number of hydrogen-bond donors (Lipinski definition) is 4. The largest absolute Gasteiger partial charge is 0.459 e. The molecule has 1 aromatic heterocycles. The molecule has 3 amide bonds. The number of esters is 1. The Hall–Kier alpha value is -3.43. The molecule has 0 unspecified atom stereocenters. The third-order valence-electron chi connectivity index (χ3n) is 6.93. The number of ether oxygens (including phenoxy) is 3. The van der Waals surface area contributed by atoms with Gasteiger partial charge >= 0.3 is 5.97 Å². The van der Waals surface area contributed by atoms with E-state index in [1.807, 2.05) is 0 Å². The van der Waals surface area contributed by atoms with Crippen molar-refractivity contribution in [3.63, 3.8) is 0 Å². The average molecular weight is 668 g/mol. The monoisotopic (exact) mass is 667 g/mol. The second-order valence-corrected chi connectivity index (χ2v) is 12.0. The molecule has 0 bridgehead atoms. The molecule has 1 atom stereocenters. The third-order valence-corrected chi connectivity index (χ3v) is 6.93. The summed E-state index contributed by atoms with van der Waals surface area (Å²) >= 11 is 0. The Morgan fingerprint density at radius 3 is 2.28 bits per heavy atom. The Balaban J connectivity index is 2.08. The molecule has 0 saturated carbocycles. The number of nitrogens with zero attached hydrogens (tertiary/aromatic N) is 3. The smallest absolute Gasteiger partial charge is 0.308 e. The highest BCUT2D eigenvalue weighted by atomic mass is 16.5. The summed E-state index contributed by atoms with van der Waals surface area (Å²) in [5.41, 5.74) is 6.03. The summed E-state index contributed by atoms with van der Waals surface area (Å²) < 4.78 is 17.7. The van der Waals surface area contributed by atoms with Crippen LogP contribution >= 0.6 is 0 Å². The molecule has 1 aromatic rings. The number of carbonyl (C=O) groups is 5. The zero-order chi connectivity index (χ0) is 34.9. The van der Waals surface area contributed by atoms with Crippen LogP contribution in [0.4, 0.5) is 0 Å². The van der Waals surface area contributed by atoms with E-state index >= 15 is 0 Å². The number of primary amides is 1. The minimum Gasteiger partial charge on any atom is -0.459 e. The van der Waals surface area contributed by atoms with Gasteiger partial charge in [0.25, 0.3) is 0 Å². The Labute approximate surface area is 278 Å². The first-order valence-corrected chi connectivity index (χ1v) is 16.8. The second-order valence-electron chi connectivity index (χ2n) is 12.0. The number of carbonyl (C=O) groups excluding carboxylic acids is 5. The first-order chi connectivity index (χ1) is 22.5. The molecule has 47 heavy (non-hydrogen) atoms. The molecule has 1 heterocycles. The Morgan fingerprint density at radius 1 is 0.830 bits per heavy atom. The van der Waals surface area contributed by atoms with Crippen LogP contribution in [-0.4, -0.2) is 96.1 Å². The summed E-state index contributed by atoms with van der Waals surface area (Å²) in [5.74, 6) is -1.64. The highest BCUT2D eigenvalue weighted by molar-refractivity contribution is 5.89. The van der Waals surface area contributed by atoms with E-state index in [2.05, 4.69) is 40.1 Å². The fourth-order valence-corrected chi connectivity index (χ4v) is 4.22. The molecule has 15 nitrogen and oxygen atoms in total. The van der Waals surface area contributed by atoms with Crippen molar-refractivity contribution in [3.05, 3.63) is 11.9 Å². The normalized spacial score (nSPS) is 11.9. The molecule has 0 saturated heterocycles. The number of rotatable bonds is 29. The minimum atomic E-state index is -0.829. The summed E-state index contributed by atoms with van der Waals surface area (Å²) in [5, 5.41) is 16.7. The molecule has 268 valence electrons. The van der Waals surface area contributed by atoms with Gasteiger partial charge in [-0.2, -0.15) is 0 Å². The van der Waals surface area contributed by atoms with Crippen LogP contribution in [-0.2, 0) is 51.3 Å². The highest BCUT2D eigenvalue weighted by Crippen LogP contribution is 2.06. The molecule has 0 spiro atoms. The number of nitrogens with two attached hydrogens (primary N) is 1. The van der Waals surface area contributed by atoms with E-state index in [4.69, 9.17) is 19.9 Å². The van der Waals surface area contributed by atoms with E-state index in [0.29, 0.717) is 96.2 Å². The van der Waals surface area contributed by atoms with Gasteiger partial charge in [0.1, 0.15) is 24.1 Å². The molecular formula is C32H57N7O8. The number of amides is 3. The van der Waals surface area contributed by atoms with Crippen LogP contribution in [0.15, 0.2) is 6.20 Å². The summed E-state index contributed by atoms with van der Waals surface area (Å²) in [6.07, 6.45) is 6.00. The Morgan fingerprint density at radius 2 is 1.57 bits per heavy atom. The van der Waals surface area contributed by atoms with E-state index in [-0.39, 0.29) is 43.0 Å². The zero-order valence-corrected chi connectivity index (χ0v) is 28.7. The van der Waals surface area contributed by atoms with Crippen molar-refractivity contribution in [2.45, 2.75) is 117 Å².